The van der Waals surface area contributed by atoms with Gasteiger partial charge in [-0.05, 0) is 25.3 Å². The molecule has 7 heteroatoms. The van der Waals surface area contributed by atoms with Gasteiger partial charge in [-0.3, -0.25) is 4.68 Å². The number of urea groups is 1. The highest BCUT2D eigenvalue weighted by atomic mass is 16.4. The van der Waals surface area contributed by atoms with Gasteiger partial charge in [0.05, 0.1) is 0 Å². The van der Waals surface area contributed by atoms with E-state index in [4.69, 9.17) is 5.11 Å². The van der Waals surface area contributed by atoms with Gasteiger partial charge < -0.3 is 15.7 Å². The van der Waals surface area contributed by atoms with Crippen molar-refractivity contribution in [3.8, 4) is 0 Å². The maximum atomic E-state index is 11.5. The first kappa shape index (κ1) is 12.4. The van der Waals surface area contributed by atoms with E-state index in [-0.39, 0.29) is 0 Å². The molecule has 0 bridgehead atoms. The number of carbonyl (C=O) groups is 2. The Bertz CT molecular complexity index is 426. The van der Waals surface area contributed by atoms with Crippen LogP contribution in [0.1, 0.15) is 19.3 Å². The molecule has 1 fully saturated rings. The van der Waals surface area contributed by atoms with Crippen molar-refractivity contribution in [1.29, 1.82) is 0 Å². The van der Waals surface area contributed by atoms with Crippen LogP contribution in [0, 0.1) is 0 Å². The number of aromatic nitrogens is 2. The van der Waals surface area contributed by atoms with Crippen molar-refractivity contribution in [3.05, 3.63) is 18.5 Å². The van der Waals surface area contributed by atoms with Crippen LogP contribution in [0.15, 0.2) is 18.5 Å². The highest BCUT2D eigenvalue weighted by Gasteiger charge is 2.51. The summed E-state index contributed by atoms with van der Waals surface area (Å²) in [5.41, 5.74) is -1.02. The summed E-state index contributed by atoms with van der Waals surface area (Å²) in [6.45, 7) is 1.21. The van der Waals surface area contributed by atoms with Crippen molar-refractivity contribution in [2.75, 3.05) is 6.54 Å². The minimum absolute atomic E-state index is 0.421. The van der Waals surface area contributed by atoms with Crippen LogP contribution in [0.25, 0.3) is 0 Å². The molecule has 7 nitrogen and oxygen atoms in total. The van der Waals surface area contributed by atoms with Crippen LogP contribution in [0.5, 0.6) is 0 Å². The molecular formula is C11H16N4O3. The van der Waals surface area contributed by atoms with Gasteiger partial charge in [0, 0.05) is 25.5 Å². The Labute approximate surface area is 104 Å². The number of carbonyl (C=O) groups excluding carboxylic acids is 1. The molecule has 1 heterocycles. The maximum absolute atomic E-state index is 11.5. The number of rotatable bonds is 6. The lowest BCUT2D eigenvalue weighted by Gasteiger charge is -2.13. The Balaban J connectivity index is 1.62. The standard InChI is InChI=1S/C11H16N4O3/c16-9(17)11(3-4-11)14-10(18)12-5-1-7-15-8-2-6-13-15/h2,6,8H,1,3-5,7H2,(H,16,17)(H2,12,14,18). The van der Waals surface area contributed by atoms with Crippen molar-refractivity contribution in [2.24, 2.45) is 0 Å². The highest BCUT2D eigenvalue weighted by Crippen LogP contribution is 2.35. The van der Waals surface area contributed by atoms with E-state index < -0.39 is 17.5 Å². The van der Waals surface area contributed by atoms with Crippen LogP contribution in [0.3, 0.4) is 0 Å². The number of nitrogens with zero attached hydrogens (tertiary/aromatic N) is 2. The first-order valence-electron chi connectivity index (χ1n) is 5.89. The van der Waals surface area contributed by atoms with E-state index in [1.165, 1.54) is 0 Å². The lowest BCUT2D eigenvalue weighted by atomic mass is 10.3. The van der Waals surface area contributed by atoms with Crippen LogP contribution in [0.2, 0.25) is 0 Å². The lowest BCUT2D eigenvalue weighted by molar-refractivity contribution is -0.140. The Kier molecular flexibility index (Phi) is 3.50. The Morgan fingerprint density at radius 3 is 2.78 bits per heavy atom. The van der Waals surface area contributed by atoms with E-state index in [1.807, 2.05) is 12.3 Å². The molecule has 1 aromatic heterocycles. The van der Waals surface area contributed by atoms with Crippen molar-refractivity contribution >= 4 is 12.0 Å². The number of aliphatic carboxylic acids is 1. The Hall–Kier alpha value is -2.05. The molecule has 3 N–H and O–H groups in total. The number of hydrogen-bond acceptors (Lipinski definition) is 3. The normalized spacial score (nSPS) is 16.0. The van der Waals surface area contributed by atoms with Gasteiger partial charge in [0.25, 0.3) is 0 Å². The quantitative estimate of drug-likeness (QED) is 0.630. The number of hydrogen-bond donors (Lipinski definition) is 3. The Morgan fingerprint density at radius 1 is 1.44 bits per heavy atom. The molecule has 0 spiro atoms. The van der Waals surface area contributed by atoms with E-state index >= 15 is 0 Å². The van der Waals surface area contributed by atoms with Gasteiger partial charge in [-0.15, -0.1) is 0 Å². The summed E-state index contributed by atoms with van der Waals surface area (Å²) in [7, 11) is 0. The third-order valence-corrected chi connectivity index (χ3v) is 2.92. The molecule has 0 atom stereocenters. The fourth-order valence-corrected chi connectivity index (χ4v) is 1.65. The zero-order valence-corrected chi connectivity index (χ0v) is 9.93. The molecule has 1 aliphatic carbocycles. The number of aryl methyl sites for hydroxylation is 1. The van der Waals surface area contributed by atoms with Gasteiger partial charge in [-0.1, -0.05) is 0 Å². The highest BCUT2D eigenvalue weighted by molar-refractivity contribution is 5.88. The molecule has 0 aromatic carbocycles. The van der Waals surface area contributed by atoms with E-state index in [9.17, 15) is 9.59 Å². The average Bonchev–Trinajstić information content (AvgIpc) is 2.92. The largest absolute Gasteiger partial charge is 0.480 e. The predicted molar refractivity (Wildman–Crippen MR) is 63.0 cm³/mol. The number of carboxylic acids is 1. The molecule has 2 rings (SSSR count). The topological polar surface area (TPSA) is 96.3 Å². The van der Waals surface area contributed by atoms with Gasteiger partial charge in [-0.2, -0.15) is 5.10 Å². The predicted octanol–water partition coefficient (Wildman–Crippen LogP) is 0.190. The number of amides is 2. The van der Waals surface area contributed by atoms with Crippen LogP contribution in [-0.4, -0.2) is 39.0 Å². The summed E-state index contributed by atoms with van der Waals surface area (Å²) in [5.74, 6) is -0.964. The second-order valence-electron chi connectivity index (χ2n) is 4.39. The molecule has 18 heavy (non-hydrogen) atoms. The lowest BCUT2D eigenvalue weighted by Crippen LogP contribution is -2.48. The van der Waals surface area contributed by atoms with Crippen molar-refractivity contribution < 1.29 is 14.7 Å². The minimum Gasteiger partial charge on any atom is -0.480 e. The molecule has 0 radical (unpaired) electrons. The molecule has 0 aliphatic heterocycles. The fraction of sp³-hybridized carbons (Fsp3) is 0.545. The van der Waals surface area contributed by atoms with Crippen LogP contribution >= 0.6 is 0 Å². The first-order chi connectivity index (χ1) is 8.62. The first-order valence-corrected chi connectivity index (χ1v) is 5.89. The van der Waals surface area contributed by atoms with Crippen LogP contribution in [-0.2, 0) is 11.3 Å². The molecule has 98 valence electrons. The molecular weight excluding hydrogens is 236 g/mol. The van der Waals surface area contributed by atoms with Crippen LogP contribution < -0.4 is 10.6 Å². The van der Waals surface area contributed by atoms with E-state index in [2.05, 4.69) is 15.7 Å². The van der Waals surface area contributed by atoms with Crippen molar-refractivity contribution in [1.82, 2.24) is 20.4 Å². The average molecular weight is 252 g/mol. The van der Waals surface area contributed by atoms with E-state index in [0.717, 1.165) is 13.0 Å². The molecule has 0 unspecified atom stereocenters. The molecule has 0 saturated heterocycles. The second kappa shape index (κ2) is 5.07. The number of carboxylic acid groups (broad SMARTS) is 1. The summed E-state index contributed by atoms with van der Waals surface area (Å²) >= 11 is 0. The smallest absolute Gasteiger partial charge is 0.329 e. The fourth-order valence-electron chi connectivity index (χ4n) is 1.65. The summed E-state index contributed by atoms with van der Waals surface area (Å²) in [6, 6.07) is 1.42. The SMILES string of the molecule is O=C(NCCCn1cccn1)NC1(C(=O)O)CC1. The minimum atomic E-state index is -1.02. The zero-order chi connectivity index (χ0) is 13.0. The molecule has 1 aliphatic rings. The van der Waals surface area contributed by atoms with Crippen LogP contribution in [0.4, 0.5) is 4.79 Å². The van der Waals surface area contributed by atoms with Gasteiger partial charge in [-0.25, -0.2) is 9.59 Å². The van der Waals surface area contributed by atoms with E-state index in [1.54, 1.807) is 10.9 Å². The van der Waals surface area contributed by atoms with E-state index in [0.29, 0.717) is 19.4 Å². The summed E-state index contributed by atoms with van der Waals surface area (Å²) in [4.78, 5) is 22.3. The molecule has 1 saturated carbocycles. The third-order valence-electron chi connectivity index (χ3n) is 2.92. The molecule has 2 amide bonds. The third kappa shape index (κ3) is 2.99. The summed E-state index contributed by atoms with van der Waals surface area (Å²) < 4.78 is 1.78. The Morgan fingerprint density at radius 2 is 2.22 bits per heavy atom. The monoisotopic (exact) mass is 252 g/mol. The zero-order valence-electron chi connectivity index (χ0n) is 9.93. The summed E-state index contributed by atoms with van der Waals surface area (Å²) in [6.07, 6.45) is 5.30. The van der Waals surface area contributed by atoms with Gasteiger partial charge in [0.15, 0.2) is 0 Å². The second-order valence-corrected chi connectivity index (χ2v) is 4.39. The maximum Gasteiger partial charge on any atom is 0.329 e. The van der Waals surface area contributed by atoms with Gasteiger partial charge in [0.1, 0.15) is 5.54 Å². The van der Waals surface area contributed by atoms with Crippen molar-refractivity contribution in [3.63, 3.8) is 0 Å². The van der Waals surface area contributed by atoms with Gasteiger partial charge in [0.2, 0.25) is 0 Å². The van der Waals surface area contributed by atoms with Gasteiger partial charge >= 0.3 is 12.0 Å². The number of nitrogens with one attached hydrogen (secondary N) is 2. The van der Waals surface area contributed by atoms with Crippen molar-refractivity contribution in [2.45, 2.75) is 31.3 Å². The molecule has 1 aromatic rings. The summed E-state index contributed by atoms with van der Waals surface area (Å²) in [5, 5.41) is 18.1.